The molecule has 2 N–H and O–H groups in total. The minimum atomic E-state index is -3.78. The van der Waals surface area contributed by atoms with Crippen molar-refractivity contribution in [2.75, 3.05) is 4.72 Å². The minimum Gasteiger partial charge on any atom is -0.476 e. The Hall–Kier alpha value is -1.64. The molecule has 0 aliphatic rings. The van der Waals surface area contributed by atoms with Crippen molar-refractivity contribution in [3.63, 3.8) is 0 Å². The quantitative estimate of drug-likeness (QED) is 0.867. The van der Waals surface area contributed by atoms with Crippen molar-refractivity contribution in [3.8, 4) is 0 Å². The topological polar surface area (TPSA) is 96.4 Å². The number of nitrogens with zero attached hydrogens (tertiary/aromatic N) is 1. The van der Waals surface area contributed by atoms with Crippen molar-refractivity contribution in [1.29, 1.82) is 0 Å². The van der Waals surface area contributed by atoms with Gasteiger partial charge in [0.1, 0.15) is 5.00 Å². The lowest BCUT2D eigenvalue weighted by molar-refractivity contribution is 0.0692. The molecule has 0 aliphatic carbocycles. The molecule has 1 aromatic heterocycles. The zero-order chi connectivity index (χ0) is 15.6. The molecular weight excluding hydrogens is 336 g/mol. The highest BCUT2D eigenvalue weighted by atomic mass is 35.5. The van der Waals surface area contributed by atoms with E-state index in [-0.39, 0.29) is 16.4 Å². The van der Waals surface area contributed by atoms with Gasteiger partial charge in [-0.05, 0) is 18.6 Å². The van der Waals surface area contributed by atoms with Gasteiger partial charge in [0.2, 0.25) is 10.0 Å². The third-order valence-corrected chi connectivity index (χ3v) is 5.08. The molecule has 0 spiro atoms. The molecular formula is C12H11ClN2O4S2. The molecule has 2 aromatic rings. The number of hydrogen-bond donors (Lipinski definition) is 2. The van der Waals surface area contributed by atoms with Crippen molar-refractivity contribution in [2.24, 2.45) is 0 Å². The zero-order valence-corrected chi connectivity index (χ0v) is 13.2. The first-order chi connectivity index (χ1) is 9.78. The Bertz CT molecular complexity index is 786. The van der Waals surface area contributed by atoms with Crippen LogP contribution in [0.2, 0.25) is 5.02 Å². The van der Waals surface area contributed by atoms with Gasteiger partial charge in [-0.3, -0.25) is 4.72 Å². The average molecular weight is 347 g/mol. The average Bonchev–Trinajstić information content (AvgIpc) is 2.72. The molecule has 0 bridgehead atoms. The number of aryl methyl sites for hydroxylation is 1. The Morgan fingerprint density at radius 1 is 1.43 bits per heavy atom. The van der Waals surface area contributed by atoms with Crippen LogP contribution in [-0.4, -0.2) is 24.5 Å². The summed E-state index contributed by atoms with van der Waals surface area (Å²) in [4.78, 5) is 14.8. The number of nitrogens with one attached hydrogen (secondary N) is 1. The number of sulfonamides is 1. The van der Waals surface area contributed by atoms with Crippen LogP contribution in [0.15, 0.2) is 24.3 Å². The number of aromatic carboxylic acids is 1. The first-order valence-corrected chi connectivity index (χ1v) is 8.58. The van der Waals surface area contributed by atoms with Crippen LogP contribution in [0.25, 0.3) is 0 Å². The molecule has 6 nitrogen and oxygen atoms in total. The number of thiazole rings is 1. The van der Waals surface area contributed by atoms with Crippen LogP contribution < -0.4 is 4.72 Å². The summed E-state index contributed by atoms with van der Waals surface area (Å²) < 4.78 is 26.5. The van der Waals surface area contributed by atoms with Crippen LogP contribution in [0.3, 0.4) is 0 Å². The second-order valence-electron chi connectivity index (χ2n) is 4.17. The molecule has 112 valence electrons. The van der Waals surface area contributed by atoms with Gasteiger partial charge in [0.05, 0.1) is 10.8 Å². The number of halogens is 1. The molecule has 1 aromatic carbocycles. The normalized spacial score (nSPS) is 11.3. The number of rotatable bonds is 5. The Labute approximate surface area is 130 Å². The second kappa shape index (κ2) is 6.00. The van der Waals surface area contributed by atoms with Crippen LogP contribution in [0, 0.1) is 6.92 Å². The van der Waals surface area contributed by atoms with E-state index in [0.717, 1.165) is 11.3 Å². The van der Waals surface area contributed by atoms with Gasteiger partial charge in [-0.1, -0.05) is 29.8 Å². The summed E-state index contributed by atoms with van der Waals surface area (Å²) in [5, 5.41) is 9.79. The number of carboxylic acids is 1. The molecule has 0 fully saturated rings. The number of benzene rings is 1. The van der Waals surface area contributed by atoms with Gasteiger partial charge in [0.15, 0.2) is 5.69 Å². The fourth-order valence-corrected chi connectivity index (χ4v) is 4.24. The van der Waals surface area contributed by atoms with Crippen LogP contribution in [0.5, 0.6) is 0 Å². The van der Waals surface area contributed by atoms with Crippen molar-refractivity contribution >= 4 is 43.9 Å². The van der Waals surface area contributed by atoms with Gasteiger partial charge in [-0.25, -0.2) is 18.2 Å². The van der Waals surface area contributed by atoms with Gasteiger partial charge in [-0.15, -0.1) is 11.3 Å². The largest absolute Gasteiger partial charge is 0.476 e. The maximum atomic E-state index is 12.1. The molecule has 0 saturated carbocycles. The predicted molar refractivity (Wildman–Crippen MR) is 81.5 cm³/mol. The van der Waals surface area contributed by atoms with Crippen molar-refractivity contribution in [3.05, 3.63) is 45.6 Å². The molecule has 0 radical (unpaired) electrons. The van der Waals surface area contributed by atoms with Gasteiger partial charge in [0, 0.05) is 5.02 Å². The molecule has 0 aliphatic heterocycles. The predicted octanol–water partition coefficient (Wildman–Crippen LogP) is 2.75. The minimum absolute atomic E-state index is 0.00736. The van der Waals surface area contributed by atoms with E-state index in [2.05, 4.69) is 9.71 Å². The number of anilines is 1. The van der Waals surface area contributed by atoms with Crippen LogP contribution in [0.4, 0.5) is 5.00 Å². The highest BCUT2D eigenvalue weighted by Gasteiger charge is 2.21. The highest BCUT2D eigenvalue weighted by molar-refractivity contribution is 7.92. The first-order valence-electron chi connectivity index (χ1n) is 5.73. The SMILES string of the molecule is Cc1nc(C(=O)O)c(NS(=O)(=O)Cc2ccccc2Cl)s1. The molecule has 0 atom stereocenters. The third-order valence-electron chi connectivity index (χ3n) is 2.49. The Balaban J connectivity index is 2.26. The highest BCUT2D eigenvalue weighted by Crippen LogP contribution is 2.26. The lowest BCUT2D eigenvalue weighted by atomic mass is 10.2. The fraction of sp³-hybridized carbons (Fsp3) is 0.167. The number of hydrogen-bond acceptors (Lipinski definition) is 5. The van der Waals surface area contributed by atoms with Gasteiger partial charge >= 0.3 is 5.97 Å². The van der Waals surface area contributed by atoms with Crippen LogP contribution in [0.1, 0.15) is 21.1 Å². The smallest absolute Gasteiger partial charge is 0.357 e. The van der Waals surface area contributed by atoms with E-state index >= 15 is 0 Å². The molecule has 2 rings (SSSR count). The molecule has 9 heteroatoms. The van der Waals surface area contributed by atoms with Gasteiger partial charge in [-0.2, -0.15) is 0 Å². The van der Waals surface area contributed by atoms with E-state index in [4.69, 9.17) is 16.7 Å². The van der Waals surface area contributed by atoms with E-state index in [0.29, 0.717) is 15.6 Å². The zero-order valence-electron chi connectivity index (χ0n) is 10.8. The fourth-order valence-electron chi connectivity index (χ4n) is 1.64. The number of carboxylic acid groups (broad SMARTS) is 1. The summed E-state index contributed by atoms with van der Waals surface area (Å²) in [6.45, 7) is 1.60. The standard InChI is InChI=1S/C12H11ClN2O4S2/c1-7-14-10(12(16)17)11(20-7)15-21(18,19)6-8-4-2-3-5-9(8)13/h2-5,15H,6H2,1H3,(H,16,17). The summed E-state index contributed by atoms with van der Waals surface area (Å²) in [5.41, 5.74) is 0.130. The lowest BCUT2D eigenvalue weighted by Gasteiger charge is -2.07. The summed E-state index contributed by atoms with van der Waals surface area (Å²) in [5.74, 6) is -1.63. The summed E-state index contributed by atoms with van der Waals surface area (Å²) >= 11 is 6.89. The Kier molecular flexibility index (Phi) is 4.50. The summed E-state index contributed by atoms with van der Waals surface area (Å²) in [6, 6.07) is 6.56. The Morgan fingerprint density at radius 2 is 2.10 bits per heavy atom. The monoisotopic (exact) mass is 346 g/mol. The van der Waals surface area contributed by atoms with Gasteiger partial charge in [0.25, 0.3) is 0 Å². The van der Waals surface area contributed by atoms with E-state index < -0.39 is 16.0 Å². The molecule has 21 heavy (non-hydrogen) atoms. The maximum Gasteiger partial charge on any atom is 0.357 e. The third kappa shape index (κ3) is 3.93. The van der Waals surface area contributed by atoms with Crippen molar-refractivity contribution in [2.45, 2.75) is 12.7 Å². The van der Waals surface area contributed by atoms with Crippen LogP contribution in [-0.2, 0) is 15.8 Å². The van der Waals surface area contributed by atoms with E-state index in [1.54, 1.807) is 31.2 Å². The lowest BCUT2D eigenvalue weighted by Crippen LogP contribution is -2.16. The summed E-state index contributed by atoms with van der Waals surface area (Å²) in [7, 11) is -3.78. The van der Waals surface area contributed by atoms with Crippen molar-refractivity contribution in [1.82, 2.24) is 4.98 Å². The van der Waals surface area contributed by atoms with E-state index in [9.17, 15) is 13.2 Å². The summed E-state index contributed by atoms with van der Waals surface area (Å²) in [6.07, 6.45) is 0. The molecule has 0 saturated heterocycles. The molecule has 0 amide bonds. The van der Waals surface area contributed by atoms with Gasteiger partial charge < -0.3 is 5.11 Å². The van der Waals surface area contributed by atoms with Crippen molar-refractivity contribution < 1.29 is 18.3 Å². The Morgan fingerprint density at radius 3 is 2.71 bits per heavy atom. The first kappa shape index (κ1) is 15.7. The van der Waals surface area contributed by atoms with Crippen LogP contribution >= 0.6 is 22.9 Å². The molecule has 1 heterocycles. The van der Waals surface area contributed by atoms with E-state index in [1.165, 1.54) is 0 Å². The maximum absolute atomic E-state index is 12.1. The second-order valence-corrected chi connectivity index (χ2v) is 7.50. The van der Waals surface area contributed by atoms with E-state index in [1.807, 2.05) is 0 Å². The molecule has 0 unspecified atom stereocenters. The number of aromatic nitrogens is 1. The number of carbonyl (C=O) groups is 1.